The van der Waals surface area contributed by atoms with Crippen molar-refractivity contribution in [3.63, 3.8) is 0 Å². The lowest BCUT2D eigenvalue weighted by Crippen LogP contribution is -2.30. The summed E-state index contributed by atoms with van der Waals surface area (Å²) in [5.41, 5.74) is 5.20. The predicted molar refractivity (Wildman–Crippen MR) is 90.4 cm³/mol. The van der Waals surface area contributed by atoms with Gasteiger partial charge in [0.2, 0.25) is 0 Å². The Bertz CT molecular complexity index is 566. The molecule has 0 aromatic carbocycles. The molecule has 3 aliphatic rings. The van der Waals surface area contributed by atoms with Crippen molar-refractivity contribution in [2.45, 2.75) is 64.6 Å². The molecule has 0 saturated heterocycles. The molecule has 2 saturated carbocycles. The van der Waals surface area contributed by atoms with Crippen LogP contribution in [-0.4, -0.2) is 22.4 Å². The monoisotopic (exact) mass is 300 g/mol. The lowest BCUT2D eigenvalue weighted by atomic mass is 9.64. The van der Waals surface area contributed by atoms with Crippen LogP contribution in [0.25, 0.3) is 0 Å². The second kappa shape index (κ2) is 5.82. The molecule has 3 rings (SSSR count). The maximum absolute atomic E-state index is 9.95. The van der Waals surface area contributed by atoms with E-state index in [0.717, 1.165) is 17.6 Å². The first-order valence-corrected chi connectivity index (χ1v) is 8.54. The van der Waals surface area contributed by atoms with Crippen LogP contribution in [-0.2, 0) is 0 Å². The van der Waals surface area contributed by atoms with Gasteiger partial charge < -0.3 is 10.2 Å². The molecule has 0 aromatic rings. The van der Waals surface area contributed by atoms with Crippen LogP contribution in [0.5, 0.6) is 0 Å². The zero-order valence-corrected chi connectivity index (χ0v) is 13.8. The van der Waals surface area contributed by atoms with E-state index in [2.05, 4.69) is 38.7 Å². The maximum Gasteiger partial charge on any atom is 0.0811 e. The van der Waals surface area contributed by atoms with Crippen LogP contribution in [0.3, 0.4) is 0 Å². The second-order valence-corrected chi connectivity index (χ2v) is 7.51. The third kappa shape index (κ3) is 2.63. The first kappa shape index (κ1) is 15.8. The van der Waals surface area contributed by atoms with Crippen molar-refractivity contribution in [3.8, 4) is 0 Å². The summed E-state index contributed by atoms with van der Waals surface area (Å²) in [6.07, 6.45) is 11.6. The van der Waals surface area contributed by atoms with E-state index in [1.165, 1.54) is 24.8 Å². The highest BCUT2D eigenvalue weighted by Gasteiger charge is 2.42. The zero-order valence-electron chi connectivity index (χ0n) is 13.8. The van der Waals surface area contributed by atoms with Gasteiger partial charge in [-0.1, -0.05) is 42.9 Å². The topological polar surface area (TPSA) is 40.5 Å². The second-order valence-electron chi connectivity index (χ2n) is 7.51. The van der Waals surface area contributed by atoms with Gasteiger partial charge in [0.05, 0.1) is 12.2 Å². The molecule has 2 N–H and O–H groups in total. The van der Waals surface area contributed by atoms with Gasteiger partial charge in [-0.2, -0.15) is 0 Å². The Labute approximate surface area is 133 Å². The summed E-state index contributed by atoms with van der Waals surface area (Å²) < 4.78 is 0. The van der Waals surface area contributed by atoms with Crippen molar-refractivity contribution in [2.24, 2.45) is 11.3 Å². The fraction of sp³-hybridized carbons (Fsp3) is 0.600. The fourth-order valence-electron chi connectivity index (χ4n) is 4.49. The van der Waals surface area contributed by atoms with Gasteiger partial charge >= 0.3 is 0 Å². The first-order chi connectivity index (χ1) is 10.4. The third-order valence-electron chi connectivity index (χ3n) is 6.20. The van der Waals surface area contributed by atoms with Gasteiger partial charge in [-0.25, -0.2) is 0 Å². The normalized spacial score (nSPS) is 42.6. The van der Waals surface area contributed by atoms with Crippen LogP contribution in [0.2, 0.25) is 0 Å². The lowest BCUT2D eigenvalue weighted by molar-refractivity contribution is 0.0862. The molecule has 0 spiro atoms. The quantitative estimate of drug-likeness (QED) is 0.717. The largest absolute Gasteiger partial charge is 0.393 e. The Hall–Kier alpha value is -1.12. The summed E-state index contributed by atoms with van der Waals surface area (Å²) in [6, 6.07) is 0. The minimum absolute atomic E-state index is 0.338. The number of rotatable bonds is 1. The molecule has 2 fully saturated rings. The Morgan fingerprint density at radius 3 is 2.86 bits per heavy atom. The standard InChI is InChI=1S/C20H28O2/c1-13-6-9-18-15(5-4-10-20(13,18)3)7-8-16-11-17(21)12-19(22)14(16)2/h6-8,17-19,21-22H,2,4-5,9-12H2,1,3H3/b15-7+,16-8-/t17-,18+,19+,20-/m1/s1. The summed E-state index contributed by atoms with van der Waals surface area (Å²) in [4.78, 5) is 0. The van der Waals surface area contributed by atoms with Gasteiger partial charge in [0.15, 0.2) is 0 Å². The van der Waals surface area contributed by atoms with E-state index in [-0.39, 0.29) is 0 Å². The van der Waals surface area contributed by atoms with Crippen LogP contribution in [0, 0.1) is 11.3 Å². The Kier molecular flexibility index (Phi) is 4.17. The molecule has 0 heterocycles. The van der Waals surface area contributed by atoms with E-state index >= 15 is 0 Å². The van der Waals surface area contributed by atoms with Crippen molar-refractivity contribution >= 4 is 0 Å². The highest BCUT2D eigenvalue weighted by atomic mass is 16.3. The number of aliphatic hydroxyl groups excluding tert-OH is 2. The number of fused-ring (bicyclic) bond motifs is 1. The van der Waals surface area contributed by atoms with Gasteiger partial charge in [0, 0.05) is 6.42 Å². The van der Waals surface area contributed by atoms with Crippen molar-refractivity contribution in [2.75, 3.05) is 0 Å². The molecule has 3 aliphatic carbocycles. The number of allylic oxidation sites excluding steroid dienone is 5. The maximum atomic E-state index is 9.95. The van der Waals surface area contributed by atoms with Crippen molar-refractivity contribution in [3.05, 3.63) is 47.1 Å². The Morgan fingerprint density at radius 2 is 2.09 bits per heavy atom. The van der Waals surface area contributed by atoms with Crippen LogP contribution < -0.4 is 0 Å². The molecule has 2 nitrogen and oxygen atoms in total. The van der Waals surface area contributed by atoms with E-state index in [1.807, 2.05) is 0 Å². The highest BCUT2D eigenvalue weighted by molar-refractivity contribution is 5.39. The van der Waals surface area contributed by atoms with Gasteiger partial charge in [-0.05, 0) is 61.5 Å². The van der Waals surface area contributed by atoms with E-state index < -0.39 is 12.2 Å². The van der Waals surface area contributed by atoms with Gasteiger partial charge in [0.1, 0.15) is 0 Å². The SMILES string of the molecule is C=C1/C(=C\C=C2/CCC[C@]3(C)C(C)=CC[C@@H]23)C[C@@H](O)C[C@@H]1O. The summed E-state index contributed by atoms with van der Waals surface area (Å²) in [5.74, 6) is 0.629. The van der Waals surface area contributed by atoms with Crippen molar-refractivity contribution in [1.29, 1.82) is 0 Å². The molecule has 22 heavy (non-hydrogen) atoms. The first-order valence-electron chi connectivity index (χ1n) is 8.54. The minimum Gasteiger partial charge on any atom is -0.393 e. The minimum atomic E-state index is -0.597. The lowest BCUT2D eigenvalue weighted by Gasteiger charge is -2.40. The van der Waals surface area contributed by atoms with Gasteiger partial charge in [-0.3, -0.25) is 0 Å². The smallest absolute Gasteiger partial charge is 0.0811 e. The van der Waals surface area contributed by atoms with Crippen LogP contribution in [0.1, 0.15) is 52.4 Å². The Morgan fingerprint density at radius 1 is 1.32 bits per heavy atom. The summed E-state index contributed by atoms with van der Waals surface area (Å²) in [5, 5.41) is 19.8. The number of hydrogen-bond donors (Lipinski definition) is 2. The molecule has 0 radical (unpaired) electrons. The van der Waals surface area contributed by atoms with Crippen LogP contribution in [0.15, 0.2) is 47.1 Å². The van der Waals surface area contributed by atoms with Crippen LogP contribution >= 0.6 is 0 Å². The Balaban J connectivity index is 1.83. The summed E-state index contributed by atoms with van der Waals surface area (Å²) >= 11 is 0. The fourth-order valence-corrected chi connectivity index (χ4v) is 4.49. The average molecular weight is 300 g/mol. The number of aliphatic hydroxyl groups is 2. The molecule has 0 amide bonds. The van der Waals surface area contributed by atoms with Gasteiger partial charge in [-0.15, -0.1) is 0 Å². The van der Waals surface area contributed by atoms with E-state index in [1.54, 1.807) is 5.57 Å². The highest BCUT2D eigenvalue weighted by Crippen LogP contribution is 2.54. The summed E-state index contributed by atoms with van der Waals surface area (Å²) in [7, 11) is 0. The molecule has 0 aliphatic heterocycles. The number of hydrogen-bond acceptors (Lipinski definition) is 2. The van der Waals surface area contributed by atoms with Gasteiger partial charge in [0.25, 0.3) is 0 Å². The van der Waals surface area contributed by atoms with E-state index in [9.17, 15) is 10.2 Å². The van der Waals surface area contributed by atoms with Crippen molar-refractivity contribution < 1.29 is 10.2 Å². The van der Waals surface area contributed by atoms with E-state index in [4.69, 9.17) is 0 Å². The van der Waals surface area contributed by atoms with Crippen LogP contribution in [0.4, 0.5) is 0 Å². The molecule has 0 unspecified atom stereocenters. The predicted octanol–water partition coefficient (Wildman–Crippen LogP) is 4.07. The molecular formula is C20H28O2. The van der Waals surface area contributed by atoms with Crippen molar-refractivity contribution in [1.82, 2.24) is 0 Å². The zero-order chi connectivity index (χ0) is 15.9. The molecule has 120 valence electrons. The molecule has 0 bridgehead atoms. The average Bonchev–Trinajstić information content (AvgIpc) is 2.77. The molecule has 0 aromatic heterocycles. The summed E-state index contributed by atoms with van der Waals surface area (Å²) in [6.45, 7) is 8.68. The molecule has 2 heteroatoms. The molecular weight excluding hydrogens is 272 g/mol. The van der Waals surface area contributed by atoms with E-state index in [0.29, 0.717) is 24.2 Å². The third-order valence-corrected chi connectivity index (χ3v) is 6.20. The molecule has 4 atom stereocenters.